The van der Waals surface area contributed by atoms with Crippen LogP contribution in [0.1, 0.15) is 16.1 Å². The van der Waals surface area contributed by atoms with Gasteiger partial charge in [-0.1, -0.05) is 29.3 Å². The molecule has 0 aliphatic carbocycles. The molecule has 0 saturated carbocycles. The SMILES string of the molecule is NC(=NCCc1ccccn1)NCCNC(=O)c1ccc(Cl)c(Cl)c1. The fourth-order valence-corrected chi connectivity index (χ4v) is 2.30. The fraction of sp³-hybridized carbons (Fsp3) is 0.235. The van der Waals surface area contributed by atoms with E-state index in [2.05, 4.69) is 20.6 Å². The van der Waals surface area contributed by atoms with Crippen LogP contribution in [-0.2, 0) is 6.42 Å². The third kappa shape index (κ3) is 6.60. The van der Waals surface area contributed by atoms with E-state index in [-0.39, 0.29) is 5.91 Å². The zero-order chi connectivity index (χ0) is 18.1. The van der Waals surface area contributed by atoms with Gasteiger partial charge in [-0.25, -0.2) is 0 Å². The molecule has 25 heavy (non-hydrogen) atoms. The first kappa shape index (κ1) is 19.0. The lowest BCUT2D eigenvalue weighted by atomic mass is 10.2. The number of hydrogen-bond donors (Lipinski definition) is 3. The molecule has 2 aromatic rings. The summed E-state index contributed by atoms with van der Waals surface area (Å²) in [6.45, 7) is 1.41. The van der Waals surface area contributed by atoms with E-state index in [1.165, 1.54) is 6.07 Å². The maximum Gasteiger partial charge on any atom is 0.251 e. The Morgan fingerprint density at radius 2 is 1.92 bits per heavy atom. The zero-order valence-electron chi connectivity index (χ0n) is 13.5. The van der Waals surface area contributed by atoms with Crippen LogP contribution in [0.25, 0.3) is 0 Å². The van der Waals surface area contributed by atoms with E-state index in [1.807, 2.05) is 18.2 Å². The van der Waals surface area contributed by atoms with E-state index in [1.54, 1.807) is 18.3 Å². The second kappa shape index (κ2) is 9.86. The Morgan fingerprint density at radius 3 is 2.64 bits per heavy atom. The summed E-state index contributed by atoms with van der Waals surface area (Å²) in [4.78, 5) is 20.4. The number of nitrogens with zero attached hydrogens (tertiary/aromatic N) is 2. The number of carbonyl (C=O) groups is 1. The molecule has 8 heteroatoms. The molecule has 1 heterocycles. The second-order valence-electron chi connectivity index (χ2n) is 5.15. The zero-order valence-corrected chi connectivity index (χ0v) is 15.0. The summed E-state index contributed by atoms with van der Waals surface area (Å²) in [6.07, 6.45) is 2.47. The van der Waals surface area contributed by atoms with Crippen molar-refractivity contribution in [3.05, 3.63) is 63.9 Å². The predicted molar refractivity (Wildman–Crippen MR) is 101 cm³/mol. The molecule has 1 aromatic carbocycles. The normalized spacial score (nSPS) is 11.2. The lowest BCUT2D eigenvalue weighted by Gasteiger charge is -2.08. The summed E-state index contributed by atoms with van der Waals surface area (Å²) in [7, 11) is 0. The molecule has 6 nitrogen and oxygen atoms in total. The average molecular weight is 380 g/mol. The molecule has 0 bridgehead atoms. The summed E-state index contributed by atoms with van der Waals surface area (Å²) in [5.41, 5.74) is 7.19. The monoisotopic (exact) mass is 379 g/mol. The van der Waals surface area contributed by atoms with Crippen molar-refractivity contribution in [3.63, 3.8) is 0 Å². The molecule has 0 radical (unpaired) electrons. The Labute approximate surface area is 156 Å². The van der Waals surface area contributed by atoms with Crippen LogP contribution >= 0.6 is 23.2 Å². The van der Waals surface area contributed by atoms with E-state index in [4.69, 9.17) is 28.9 Å². The number of pyridine rings is 1. The van der Waals surface area contributed by atoms with Crippen molar-refractivity contribution < 1.29 is 4.79 Å². The number of nitrogens with one attached hydrogen (secondary N) is 2. The largest absolute Gasteiger partial charge is 0.370 e. The van der Waals surface area contributed by atoms with Gasteiger partial charge in [0.1, 0.15) is 0 Å². The summed E-state index contributed by atoms with van der Waals surface area (Å²) < 4.78 is 0. The fourth-order valence-electron chi connectivity index (χ4n) is 2.00. The number of rotatable bonds is 7. The third-order valence-corrected chi connectivity index (χ3v) is 4.01. The van der Waals surface area contributed by atoms with Crippen molar-refractivity contribution in [1.82, 2.24) is 15.6 Å². The smallest absolute Gasteiger partial charge is 0.251 e. The number of halogens is 2. The Bertz CT molecular complexity index is 737. The molecule has 0 unspecified atom stereocenters. The minimum atomic E-state index is -0.231. The molecule has 4 N–H and O–H groups in total. The van der Waals surface area contributed by atoms with E-state index in [9.17, 15) is 4.79 Å². The summed E-state index contributed by atoms with van der Waals surface area (Å²) >= 11 is 11.7. The van der Waals surface area contributed by atoms with Crippen molar-refractivity contribution in [3.8, 4) is 0 Å². The van der Waals surface area contributed by atoms with Crippen LogP contribution in [0.4, 0.5) is 0 Å². The van der Waals surface area contributed by atoms with Gasteiger partial charge in [-0.05, 0) is 30.3 Å². The van der Waals surface area contributed by atoms with Crippen molar-refractivity contribution >= 4 is 35.1 Å². The lowest BCUT2D eigenvalue weighted by molar-refractivity contribution is 0.0954. The third-order valence-electron chi connectivity index (χ3n) is 3.27. The lowest BCUT2D eigenvalue weighted by Crippen LogP contribution is -2.38. The molecule has 132 valence electrons. The highest BCUT2D eigenvalue weighted by Crippen LogP contribution is 2.22. The Hall–Kier alpha value is -2.31. The van der Waals surface area contributed by atoms with Crippen LogP contribution in [0.5, 0.6) is 0 Å². The molecule has 2 rings (SSSR count). The molecule has 1 amide bonds. The maximum atomic E-state index is 12.0. The second-order valence-corrected chi connectivity index (χ2v) is 5.96. The number of guanidine groups is 1. The van der Waals surface area contributed by atoms with Gasteiger partial charge in [0.2, 0.25) is 0 Å². The van der Waals surface area contributed by atoms with Gasteiger partial charge in [0.05, 0.1) is 10.0 Å². The van der Waals surface area contributed by atoms with Crippen LogP contribution in [0.15, 0.2) is 47.6 Å². The van der Waals surface area contributed by atoms with Gasteiger partial charge in [0.15, 0.2) is 5.96 Å². The molecular weight excluding hydrogens is 361 g/mol. The Balaban J connectivity index is 1.66. The first-order valence-corrected chi connectivity index (χ1v) is 8.49. The van der Waals surface area contributed by atoms with E-state index >= 15 is 0 Å². The topological polar surface area (TPSA) is 92.4 Å². The van der Waals surface area contributed by atoms with Crippen LogP contribution in [0, 0.1) is 0 Å². The quantitative estimate of drug-likeness (QED) is 0.390. The van der Waals surface area contributed by atoms with Gasteiger partial charge in [-0.2, -0.15) is 0 Å². The van der Waals surface area contributed by atoms with Gasteiger partial charge >= 0.3 is 0 Å². The van der Waals surface area contributed by atoms with E-state index in [0.717, 1.165) is 12.1 Å². The number of aromatic nitrogens is 1. The summed E-state index contributed by atoms with van der Waals surface area (Å²) in [5, 5.41) is 6.46. The number of aliphatic imine (C=N–C) groups is 1. The highest BCUT2D eigenvalue weighted by Gasteiger charge is 2.07. The summed E-state index contributed by atoms with van der Waals surface area (Å²) in [6, 6.07) is 10.5. The maximum absolute atomic E-state index is 12.0. The average Bonchev–Trinajstić information content (AvgIpc) is 2.62. The molecule has 0 fully saturated rings. The molecule has 0 spiro atoms. The van der Waals surface area contributed by atoms with Gasteiger partial charge in [-0.15, -0.1) is 0 Å². The number of nitrogens with two attached hydrogens (primary N) is 1. The van der Waals surface area contributed by atoms with Crippen LogP contribution < -0.4 is 16.4 Å². The number of amides is 1. The van der Waals surface area contributed by atoms with Crippen molar-refractivity contribution in [2.75, 3.05) is 19.6 Å². The highest BCUT2D eigenvalue weighted by atomic mass is 35.5. The molecule has 0 aliphatic heterocycles. The first-order valence-electron chi connectivity index (χ1n) is 7.73. The molecular formula is C17H19Cl2N5O. The Kier molecular flexibility index (Phi) is 7.50. The van der Waals surface area contributed by atoms with Gasteiger partial charge in [0, 0.05) is 43.5 Å². The number of carbonyl (C=O) groups excluding carboxylic acids is 1. The van der Waals surface area contributed by atoms with Gasteiger partial charge in [0.25, 0.3) is 5.91 Å². The highest BCUT2D eigenvalue weighted by molar-refractivity contribution is 6.42. The van der Waals surface area contributed by atoms with Crippen molar-refractivity contribution in [2.45, 2.75) is 6.42 Å². The van der Waals surface area contributed by atoms with Gasteiger partial charge in [-0.3, -0.25) is 14.8 Å². The molecule has 0 aliphatic rings. The number of hydrogen-bond acceptors (Lipinski definition) is 3. The van der Waals surface area contributed by atoms with Crippen LogP contribution in [0.2, 0.25) is 10.0 Å². The van der Waals surface area contributed by atoms with Crippen LogP contribution in [-0.4, -0.2) is 36.5 Å². The standard InChI is InChI=1S/C17H19Cl2N5O/c18-14-5-4-12(11-15(14)19)16(25)22-9-10-24-17(20)23-8-6-13-3-1-2-7-21-13/h1-5,7,11H,6,8-10H2,(H,22,25)(H3,20,23,24). The first-order chi connectivity index (χ1) is 12.1. The van der Waals surface area contributed by atoms with Crippen LogP contribution in [0.3, 0.4) is 0 Å². The van der Waals surface area contributed by atoms with Crippen molar-refractivity contribution in [2.24, 2.45) is 10.7 Å². The minimum absolute atomic E-state index is 0.231. The Morgan fingerprint density at radius 1 is 1.12 bits per heavy atom. The number of benzene rings is 1. The predicted octanol–water partition coefficient (Wildman–Crippen LogP) is 2.27. The molecule has 0 atom stereocenters. The molecule has 1 aromatic heterocycles. The van der Waals surface area contributed by atoms with E-state index in [0.29, 0.717) is 41.2 Å². The van der Waals surface area contributed by atoms with Gasteiger partial charge < -0.3 is 16.4 Å². The minimum Gasteiger partial charge on any atom is -0.370 e. The summed E-state index contributed by atoms with van der Waals surface area (Å²) in [5.74, 6) is 0.103. The van der Waals surface area contributed by atoms with Crippen molar-refractivity contribution in [1.29, 1.82) is 0 Å². The molecule has 0 saturated heterocycles. The van der Waals surface area contributed by atoms with E-state index < -0.39 is 0 Å².